The fourth-order valence-corrected chi connectivity index (χ4v) is 2.47. The topological polar surface area (TPSA) is 67.4 Å². The molecule has 0 fully saturated rings. The van der Waals surface area contributed by atoms with Crippen LogP contribution in [0.4, 0.5) is 0 Å². The quantitative estimate of drug-likeness (QED) is 0.749. The molecule has 2 N–H and O–H groups in total. The second-order valence-corrected chi connectivity index (χ2v) is 6.42. The molecule has 26 heavy (non-hydrogen) atoms. The van der Waals surface area contributed by atoms with Gasteiger partial charge in [0, 0.05) is 24.7 Å². The summed E-state index contributed by atoms with van der Waals surface area (Å²) in [5, 5.41) is 6.32. The number of amides is 2. The van der Waals surface area contributed by atoms with Crippen LogP contribution < -0.4 is 15.4 Å². The van der Waals surface area contributed by atoms with Crippen molar-refractivity contribution in [1.82, 2.24) is 10.6 Å². The van der Waals surface area contributed by atoms with Gasteiger partial charge in [-0.3, -0.25) is 9.59 Å². The fourth-order valence-electron chi connectivity index (χ4n) is 2.18. The first-order valence-electron chi connectivity index (χ1n) is 8.17. The Labute approximate surface area is 162 Å². The third-order valence-electron chi connectivity index (χ3n) is 3.59. The lowest BCUT2D eigenvalue weighted by atomic mass is 10.1. The Bertz CT molecular complexity index is 779. The number of halogens is 2. The molecule has 5 nitrogen and oxygen atoms in total. The third-order valence-corrected chi connectivity index (χ3v) is 4.33. The molecule has 0 aliphatic rings. The number of carbonyl (C=O) groups excluding carboxylic acids is 2. The van der Waals surface area contributed by atoms with E-state index in [1.807, 2.05) is 6.92 Å². The number of nitrogens with one attached hydrogen (secondary N) is 2. The molecule has 0 spiro atoms. The van der Waals surface area contributed by atoms with Crippen LogP contribution in [-0.2, 0) is 11.3 Å². The molecule has 0 radical (unpaired) electrons. The summed E-state index contributed by atoms with van der Waals surface area (Å²) in [4.78, 5) is 23.9. The number of hydrogen-bond acceptors (Lipinski definition) is 3. The number of rotatable bonds is 7. The summed E-state index contributed by atoms with van der Waals surface area (Å²) in [5.41, 5.74) is 1.46. The lowest BCUT2D eigenvalue weighted by Crippen LogP contribution is -2.35. The van der Waals surface area contributed by atoms with E-state index >= 15 is 0 Å². The average molecular weight is 395 g/mol. The molecule has 2 aromatic rings. The molecule has 2 amide bonds. The van der Waals surface area contributed by atoms with Gasteiger partial charge in [0.2, 0.25) is 0 Å². The van der Waals surface area contributed by atoms with Crippen molar-refractivity contribution in [2.75, 3.05) is 6.54 Å². The molecule has 7 heteroatoms. The number of benzene rings is 2. The molecule has 0 aromatic heterocycles. The Hall–Kier alpha value is -2.24. The van der Waals surface area contributed by atoms with Crippen molar-refractivity contribution in [1.29, 1.82) is 0 Å². The van der Waals surface area contributed by atoms with Crippen molar-refractivity contribution in [3.8, 4) is 5.75 Å². The standard InChI is InChI=1S/C19H20Cl2N2O3/c1-3-22-19(25)14-6-4-13(5-7-14)11-23-18(24)12(2)26-15-8-9-16(20)17(21)10-15/h4-10,12H,3,11H2,1-2H3,(H,22,25)(H,23,24). The van der Waals surface area contributed by atoms with Gasteiger partial charge in [0.25, 0.3) is 11.8 Å². The normalized spacial score (nSPS) is 11.5. The molecule has 0 aliphatic carbocycles. The summed E-state index contributed by atoms with van der Waals surface area (Å²) in [6, 6.07) is 11.9. The van der Waals surface area contributed by atoms with Crippen LogP contribution in [0.25, 0.3) is 0 Å². The highest BCUT2D eigenvalue weighted by Crippen LogP contribution is 2.26. The van der Waals surface area contributed by atoms with Crippen LogP contribution in [0.3, 0.4) is 0 Å². The summed E-state index contributed by atoms with van der Waals surface area (Å²) in [5.74, 6) is 0.0870. The second kappa shape index (κ2) is 9.46. The minimum Gasteiger partial charge on any atom is -0.481 e. The van der Waals surface area contributed by atoms with Gasteiger partial charge in [0.15, 0.2) is 6.10 Å². The minimum absolute atomic E-state index is 0.119. The molecule has 0 bridgehead atoms. The van der Waals surface area contributed by atoms with E-state index in [4.69, 9.17) is 27.9 Å². The largest absolute Gasteiger partial charge is 0.481 e. The number of ether oxygens (including phenoxy) is 1. The maximum atomic E-state index is 12.2. The predicted molar refractivity (Wildman–Crippen MR) is 103 cm³/mol. The summed E-state index contributed by atoms with van der Waals surface area (Å²) in [7, 11) is 0. The average Bonchev–Trinajstić information content (AvgIpc) is 2.63. The van der Waals surface area contributed by atoms with Crippen molar-refractivity contribution >= 4 is 35.0 Å². The Morgan fingerprint density at radius 2 is 1.73 bits per heavy atom. The molecule has 138 valence electrons. The number of hydrogen-bond donors (Lipinski definition) is 2. The highest BCUT2D eigenvalue weighted by molar-refractivity contribution is 6.42. The van der Waals surface area contributed by atoms with Gasteiger partial charge in [-0.2, -0.15) is 0 Å². The molecule has 1 atom stereocenters. The van der Waals surface area contributed by atoms with Crippen LogP contribution >= 0.6 is 23.2 Å². The van der Waals surface area contributed by atoms with Gasteiger partial charge in [-0.15, -0.1) is 0 Å². The SMILES string of the molecule is CCNC(=O)c1ccc(CNC(=O)C(C)Oc2ccc(Cl)c(Cl)c2)cc1. The van der Waals surface area contributed by atoms with Crippen LogP contribution in [0.2, 0.25) is 10.0 Å². The summed E-state index contributed by atoms with van der Waals surface area (Å²) in [6.45, 7) is 4.43. The highest BCUT2D eigenvalue weighted by atomic mass is 35.5. The third kappa shape index (κ3) is 5.64. The first-order valence-corrected chi connectivity index (χ1v) is 8.93. The van der Waals surface area contributed by atoms with E-state index < -0.39 is 6.10 Å². The van der Waals surface area contributed by atoms with Crippen molar-refractivity contribution in [3.63, 3.8) is 0 Å². The molecule has 0 saturated carbocycles. The molecule has 2 rings (SSSR count). The van der Waals surface area contributed by atoms with Crippen LogP contribution in [-0.4, -0.2) is 24.5 Å². The van der Waals surface area contributed by atoms with Crippen LogP contribution in [0, 0.1) is 0 Å². The highest BCUT2D eigenvalue weighted by Gasteiger charge is 2.15. The fraction of sp³-hybridized carbons (Fsp3) is 0.263. The molecular weight excluding hydrogens is 375 g/mol. The van der Waals surface area contributed by atoms with Gasteiger partial charge in [0.1, 0.15) is 5.75 Å². The number of carbonyl (C=O) groups is 2. The van der Waals surface area contributed by atoms with Crippen molar-refractivity contribution < 1.29 is 14.3 Å². The second-order valence-electron chi connectivity index (χ2n) is 5.61. The van der Waals surface area contributed by atoms with Crippen molar-refractivity contribution in [2.24, 2.45) is 0 Å². The Kier molecular flexibility index (Phi) is 7.30. The Morgan fingerprint density at radius 1 is 1.04 bits per heavy atom. The van der Waals surface area contributed by atoms with E-state index in [1.54, 1.807) is 49.4 Å². The first-order chi connectivity index (χ1) is 12.4. The van der Waals surface area contributed by atoms with Gasteiger partial charge in [-0.1, -0.05) is 35.3 Å². The lowest BCUT2D eigenvalue weighted by Gasteiger charge is -2.15. The zero-order valence-electron chi connectivity index (χ0n) is 14.5. The van der Waals surface area contributed by atoms with Gasteiger partial charge in [0.05, 0.1) is 10.0 Å². The van der Waals surface area contributed by atoms with Gasteiger partial charge < -0.3 is 15.4 Å². The monoisotopic (exact) mass is 394 g/mol. The van der Waals surface area contributed by atoms with E-state index in [1.165, 1.54) is 0 Å². The predicted octanol–water partition coefficient (Wildman–Crippen LogP) is 3.83. The Balaban J connectivity index is 1.87. The van der Waals surface area contributed by atoms with E-state index in [0.29, 0.717) is 34.4 Å². The van der Waals surface area contributed by atoms with Crippen molar-refractivity contribution in [2.45, 2.75) is 26.5 Å². The molecule has 2 aromatic carbocycles. The van der Waals surface area contributed by atoms with Crippen LogP contribution in [0.1, 0.15) is 29.8 Å². The van der Waals surface area contributed by atoms with Crippen LogP contribution in [0.5, 0.6) is 5.75 Å². The summed E-state index contributed by atoms with van der Waals surface area (Å²) < 4.78 is 5.57. The maximum absolute atomic E-state index is 12.2. The lowest BCUT2D eigenvalue weighted by molar-refractivity contribution is -0.127. The molecule has 0 aliphatic heterocycles. The minimum atomic E-state index is -0.693. The summed E-state index contributed by atoms with van der Waals surface area (Å²) in [6.07, 6.45) is -0.693. The smallest absolute Gasteiger partial charge is 0.261 e. The first kappa shape index (κ1) is 20.1. The Morgan fingerprint density at radius 3 is 2.35 bits per heavy atom. The molecular formula is C19H20Cl2N2O3. The molecule has 1 unspecified atom stereocenters. The van der Waals surface area contributed by atoms with Gasteiger partial charge in [-0.25, -0.2) is 0 Å². The van der Waals surface area contributed by atoms with E-state index in [2.05, 4.69) is 10.6 Å². The zero-order valence-corrected chi connectivity index (χ0v) is 16.0. The van der Waals surface area contributed by atoms with E-state index in [-0.39, 0.29) is 11.8 Å². The molecule has 0 heterocycles. The zero-order chi connectivity index (χ0) is 19.1. The molecule has 0 saturated heterocycles. The van der Waals surface area contributed by atoms with E-state index in [9.17, 15) is 9.59 Å². The van der Waals surface area contributed by atoms with E-state index in [0.717, 1.165) is 5.56 Å². The van der Waals surface area contributed by atoms with Gasteiger partial charge >= 0.3 is 0 Å². The van der Waals surface area contributed by atoms with Crippen LogP contribution in [0.15, 0.2) is 42.5 Å². The van der Waals surface area contributed by atoms with Crippen molar-refractivity contribution in [3.05, 3.63) is 63.6 Å². The summed E-state index contributed by atoms with van der Waals surface area (Å²) >= 11 is 11.8. The maximum Gasteiger partial charge on any atom is 0.261 e. The van der Waals surface area contributed by atoms with Gasteiger partial charge in [-0.05, 0) is 43.7 Å².